The number of rotatable bonds is 4. The Bertz CT molecular complexity index is 1420. The third-order valence-corrected chi connectivity index (χ3v) is 5.70. The lowest BCUT2D eigenvalue weighted by atomic mass is 9.90. The molecule has 2 aliphatic rings. The molecule has 0 aromatic heterocycles. The average Bonchev–Trinajstić information content (AvgIpc) is 2.82. The van der Waals surface area contributed by atoms with Crippen LogP contribution in [0.3, 0.4) is 0 Å². The van der Waals surface area contributed by atoms with Crippen molar-refractivity contribution in [1.82, 2.24) is 0 Å². The van der Waals surface area contributed by atoms with E-state index in [1.807, 2.05) is 0 Å². The highest BCUT2D eigenvalue weighted by Gasteiger charge is 2.66. The third kappa shape index (κ3) is 5.05. The van der Waals surface area contributed by atoms with Crippen molar-refractivity contribution in [3.8, 4) is 11.5 Å². The van der Waals surface area contributed by atoms with E-state index >= 15 is 4.39 Å². The minimum atomic E-state index is -6.45. The normalized spacial score (nSPS) is 27.6. The number of hydrogen-bond acceptors (Lipinski definition) is 4. The van der Waals surface area contributed by atoms with Crippen LogP contribution in [0.15, 0.2) is 52.9 Å². The van der Waals surface area contributed by atoms with E-state index in [2.05, 4.69) is 9.47 Å². The lowest BCUT2D eigenvalue weighted by Crippen LogP contribution is -2.55. The van der Waals surface area contributed by atoms with E-state index in [1.54, 1.807) is 0 Å². The van der Waals surface area contributed by atoms with Crippen molar-refractivity contribution < 1.29 is 84.1 Å². The molecule has 4 nitrogen and oxygen atoms in total. The predicted octanol–water partition coefficient (Wildman–Crippen LogP) is 7.03. The van der Waals surface area contributed by atoms with E-state index in [0.717, 1.165) is 0 Å². The number of allylic oxidation sites excluding steroid dienone is 2. The third-order valence-electron chi connectivity index (χ3n) is 5.70. The molecule has 0 radical (unpaired) electrons. The minimum absolute atomic E-state index is 0.969. The molecule has 234 valence electrons. The van der Waals surface area contributed by atoms with Crippen LogP contribution < -0.4 is 20.9 Å². The van der Waals surface area contributed by atoms with Gasteiger partial charge in [-0.15, -0.1) is 0 Å². The zero-order chi connectivity index (χ0) is 32.5. The van der Waals surface area contributed by atoms with Crippen LogP contribution in [-0.4, -0.2) is 35.9 Å². The highest BCUT2D eigenvalue weighted by atomic mass is 19.4. The summed E-state index contributed by atoms with van der Waals surface area (Å²) >= 11 is 0. The molecule has 2 aliphatic carbocycles. The van der Waals surface area contributed by atoms with E-state index in [9.17, 15) is 70.2 Å². The van der Waals surface area contributed by atoms with E-state index in [0.29, 0.717) is 0 Å². The van der Waals surface area contributed by atoms with Crippen LogP contribution in [0.25, 0.3) is 0 Å². The Morgan fingerprint density at radius 3 is 1.31 bits per heavy atom. The lowest BCUT2D eigenvalue weighted by Gasteiger charge is -2.36. The number of alkyl halides is 11. The molecule has 42 heavy (non-hydrogen) atoms. The summed E-state index contributed by atoms with van der Waals surface area (Å²) in [7, 11) is 0. The van der Waals surface area contributed by atoms with Gasteiger partial charge in [0.15, 0.2) is 41.2 Å². The van der Waals surface area contributed by atoms with Gasteiger partial charge in [0.25, 0.3) is 11.3 Å². The molecule has 21 heteroatoms. The van der Waals surface area contributed by atoms with Crippen molar-refractivity contribution in [2.75, 3.05) is 0 Å². The summed E-state index contributed by atoms with van der Waals surface area (Å²) < 4.78 is 244. The first kappa shape index (κ1) is 32.7. The summed E-state index contributed by atoms with van der Waals surface area (Å²) in [5.41, 5.74) is -8.04. The largest absolute Gasteiger partial charge is 0.475 e. The number of benzene rings is 1. The molecule has 0 saturated heterocycles. The van der Waals surface area contributed by atoms with Crippen LogP contribution in [0.5, 0.6) is 11.5 Å². The molecule has 0 saturated carbocycles. The highest BCUT2D eigenvalue weighted by Crippen LogP contribution is 2.51. The Labute approximate surface area is 220 Å². The zero-order valence-electron chi connectivity index (χ0n) is 19.3. The Morgan fingerprint density at radius 2 is 0.976 bits per heavy atom. The SMILES string of the molecule is NC1=C(F)C(Oc2c(F)cc(C(F)(F)F)c(OC3C(F)=C(N)C(F)=CC3(F)C(F)(F)F)c2F)C(F)(C(F)(F)F)C=C1F. The van der Waals surface area contributed by atoms with Gasteiger partial charge < -0.3 is 20.9 Å². The van der Waals surface area contributed by atoms with Gasteiger partial charge in [-0.2, -0.15) is 43.9 Å². The van der Waals surface area contributed by atoms with Crippen molar-refractivity contribution in [3.05, 3.63) is 70.1 Å². The average molecular weight is 644 g/mol. The van der Waals surface area contributed by atoms with E-state index in [-0.39, 0.29) is 0 Å². The standard InChI is InChI=1S/C21H9F17N2O2/c22-5-1-4(19(30,31)32)13(41-15-8(25)11(39)6(23)2-17(15,28)20(33,34)35)10(27)14(5)42-16-9(26)12(40)7(24)3-18(16,29)21(36,37)38/h1-3,15-16H,39-40H2. The highest BCUT2D eigenvalue weighted by molar-refractivity contribution is 5.49. The number of halogens is 17. The van der Waals surface area contributed by atoms with Crippen LogP contribution in [-0.2, 0) is 6.18 Å². The molecular weight excluding hydrogens is 635 g/mol. The quantitative estimate of drug-likeness (QED) is 0.346. The first-order valence-electron chi connectivity index (χ1n) is 10.3. The minimum Gasteiger partial charge on any atom is -0.475 e. The van der Waals surface area contributed by atoms with Crippen LogP contribution >= 0.6 is 0 Å². The van der Waals surface area contributed by atoms with Gasteiger partial charge >= 0.3 is 18.5 Å². The smallest absolute Gasteiger partial charge is 0.430 e. The summed E-state index contributed by atoms with van der Waals surface area (Å²) in [4.78, 5) is 0. The molecular formula is C21H9F17N2O2. The topological polar surface area (TPSA) is 70.5 Å². The molecule has 0 bridgehead atoms. The monoisotopic (exact) mass is 644 g/mol. The summed E-state index contributed by atoms with van der Waals surface area (Å²) in [6.07, 6.45) is -29.4. The van der Waals surface area contributed by atoms with Gasteiger partial charge in [-0.3, -0.25) is 0 Å². The molecule has 1 aromatic carbocycles. The number of nitrogens with two attached hydrogens (primary N) is 2. The molecule has 3 rings (SSSR count). The number of ether oxygens (including phenoxy) is 2. The van der Waals surface area contributed by atoms with Crippen LogP contribution in [0.4, 0.5) is 74.6 Å². The van der Waals surface area contributed by atoms with Gasteiger partial charge in [-0.1, -0.05) is 0 Å². The van der Waals surface area contributed by atoms with Crippen LogP contribution in [0.1, 0.15) is 5.56 Å². The van der Waals surface area contributed by atoms with Crippen LogP contribution in [0, 0.1) is 11.6 Å². The molecule has 4 unspecified atom stereocenters. The Morgan fingerprint density at radius 1 is 0.619 bits per heavy atom. The lowest BCUT2D eigenvalue weighted by molar-refractivity contribution is -0.235. The van der Waals surface area contributed by atoms with E-state index in [1.165, 1.54) is 0 Å². The van der Waals surface area contributed by atoms with Crippen molar-refractivity contribution in [3.63, 3.8) is 0 Å². The molecule has 0 aliphatic heterocycles. The molecule has 4 atom stereocenters. The summed E-state index contributed by atoms with van der Waals surface area (Å²) in [5.74, 6) is -21.9. The maximum Gasteiger partial charge on any atom is 0.430 e. The van der Waals surface area contributed by atoms with E-state index in [4.69, 9.17) is 11.5 Å². The fourth-order valence-corrected chi connectivity index (χ4v) is 3.54. The van der Waals surface area contributed by atoms with Crippen molar-refractivity contribution in [2.45, 2.75) is 42.1 Å². The Balaban J connectivity index is 2.29. The molecule has 0 amide bonds. The predicted molar refractivity (Wildman–Crippen MR) is 103 cm³/mol. The summed E-state index contributed by atoms with van der Waals surface area (Å²) in [5, 5.41) is 0. The Hall–Kier alpha value is -3.81. The first-order valence-corrected chi connectivity index (χ1v) is 10.3. The molecule has 0 spiro atoms. The van der Waals surface area contributed by atoms with Crippen molar-refractivity contribution in [1.29, 1.82) is 0 Å². The van der Waals surface area contributed by atoms with Crippen molar-refractivity contribution >= 4 is 0 Å². The second-order valence-corrected chi connectivity index (χ2v) is 8.41. The molecule has 0 heterocycles. The summed E-state index contributed by atoms with van der Waals surface area (Å²) in [6, 6.07) is -0.969. The first-order chi connectivity index (χ1) is 18.8. The van der Waals surface area contributed by atoms with Gasteiger partial charge in [-0.05, 0) is 6.07 Å². The molecule has 0 fully saturated rings. The van der Waals surface area contributed by atoms with Gasteiger partial charge in [0.05, 0.1) is 0 Å². The Kier molecular flexibility index (Phi) is 7.70. The molecule has 1 aromatic rings. The van der Waals surface area contributed by atoms with Crippen LogP contribution in [0.2, 0.25) is 0 Å². The van der Waals surface area contributed by atoms with Gasteiger partial charge in [-0.25, -0.2) is 30.7 Å². The maximum absolute atomic E-state index is 15.2. The maximum atomic E-state index is 15.2. The summed E-state index contributed by atoms with van der Waals surface area (Å²) in [6.45, 7) is 0. The van der Waals surface area contributed by atoms with Gasteiger partial charge in [0, 0.05) is 12.2 Å². The fraction of sp³-hybridized carbons (Fsp3) is 0.333. The fourth-order valence-electron chi connectivity index (χ4n) is 3.54. The second-order valence-electron chi connectivity index (χ2n) is 8.41. The van der Waals surface area contributed by atoms with Gasteiger partial charge in [0.1, 0.15) is 28.6 Å². The zero-order valence-corrected chi connectivity index (χ0v) is 19.3. The van der Waals surface area contributed by atoms with Gasteiger partial charge in [0.2, 0.25) is 5.82 Å². The van der Waals surface area contributed by atoms with Crippen molar-refractivity contribution in [2.24, 2.45) is 11.5 Å². The van der Waals surface area contributed by atoms with E-state index < -0.39 is 124 Å². The number of hydrogen-bond donors (Lipinski definition) is 2. The molecule has 4 N–H and O–H groups in total. The second kappa shape index (κ2) is 9.89.